The number of likely N-dealkylation sites (tertiary alicyclic amines) is 1. The number of hydrogen-bond donors (Lipinski definition) is 1. The standard InChI is InChI=1S/C18H26N2OS/c21-18(20-10-4-5-11-20)13-19-16-9-8-15(12-16)14-22-17-6-2-1-3-7-17/h1-3,6-7,15-16,19H,4-5,8-14H2. The first-order valence-electron chi connectivity index (χ1n) is 8.50. The summed E-state index contributed by atoms with van der Waals surface area (Å²) in [7, 11) is 0. The Balaban J connectivity index is 1.34. The molecule has 0 aromatic heterocycles. The van der Waals surface area contributed by atoms with Crippen LogP contribution in [0, 0.1) is 5.92 Å². The van der Waals surface area contributed by atoms with Crippen LogP contribution >= 0.6 is 11.8 Å². The molecule has 0 radical (unpaired) electrons. The van der Waals surface area contributed by atoms with E-state index in [1.165, 1.54) is 42.8 Å². The number of thioether (sulfide) groups is 1. The molecule has 1 aliphatic heterocycles. The fraction of sp³-hybridized carbons (Fsp3) is 0.611. The average Bonchev–Trinajstić information content (AvgIpc) is 3.23. The molecule has 1 heterocycles. The van der Waals surface area contributed by atoms with Crippen LogP contribution in [0.2, 0.25) is 0 Å². The molecule has 3 rings (SSSR count). The molecule has 3 nitrogen and oxygen atoms in total. The number of hydrogen-bond acceptors (Lipinski definition) is 3. The van der Waals surface area contributed by atoms with Crippen molar-refractivity contribution in [2.75, 3.05) is 25.4 Å². The highest BCUT2D eigenvalue weighted by Crippen LogP contribution is 2.31. The molecule has 1 aromatic rings. The van der Waals surface area contributed by atoms with Crippen molar-refractivity contribution in [3.8, 4) is 0 Å². The van der Waals surface area contributed by atoms with Crippen molar-refractivity contribution in [1.82, 2.24) is 10.2 Å². The minimum Gasteiger partial charge on any atom is -0.342 e. The summed E-state index contributed by atoms with van der Waals surface area (Å²) in [6.45, 7) is 2.45. The van der Waals surface area contributed by atoms with Crippen LogP contribution in [0.3, 0.4) is 0 Å². The van der Waals surface area contributed by atoms with Gasteiger partial charge in [0.1, 0.15) is 0 Å². The van der Waals surface area contributed by atoms with Crippen molar-refractivity contribution >= 4 is 17.7 Å². The van der Waals surface area contributed by atoms with Gasteiger partial charge in [-0.2, -0.15) is 0 Å². The molecular formula is C18H26N2OS. The summed E-state index contributed by atoms with van der Waals surface area (Å²) in [6.07, 6.45) is 6.07. The molecule has 1 aromatic carbocycles. The van der Waals surface area contributed by atoms with Gasteiger partial charge >= 0.3 is 0 Å². The van der Waals surface area contributed by atoms with E-state index in [0.717, 1.165) is 19.0 Å². The predicted molar refractivity (Wildman–Crippen MR) is 92.1 cm³/mol. The summed E-state index contributed by atoms with van der Waals surface area (Å²) in [5.74, 6) is 2.27. The van der Waals surface area contributed by atoms with Gasteiger partial charge in [0, 0.05) is 29.8 Å². The maximum absolute atomic E-state index is 12.1. The zero-order valence-corrected chi connectivity index (χ0v) is 14.0. The maximum Gasteiger partial charge on any atom is 0.236 e. The zero-order chi connectivity index (χ0) is 15.2. The quantitative estimate of drug-likeness (QED) is 0.818. The van der Waals surface area contributed by atoms with E-state index in [2.05, 4.69) is 35.6 Å². The average molecular weight is 318 g/mol. The summed E-state index contributed by atoms with van der Waals surface area (Å²) in [5.41, 5.74) is 0. The van der Waals surface area contributed by atoms with Gasteiger partial charge < -0.3 is 10.2 Å². The monoisotopic (exact) mass is 318 g/mol. The lowest BCUT2D eigenvalue weighted by Crippen LogP contribution is -2.39. The lowest BCUT2D eigenvalue weighted by molar-refractivity contribution is -0.129. The van der Waals surface area contributed by atoms with Crippen molar-refractivity contribution in [2.45, 2.75) is 43.0 Å². The Labute approximate surface area is 137 Å². The van der Waals surface area contributed by atoms with Crippen LogP contribution in [0.25, 0.3) is 0 Å². The topological polar surface area (TPSA) is 32.3 Å². The third-order valence-corrected chi connectivity index (χ3v) is 6.01. The number of carbonyl (C=O) groups is 1. The second-order valence-electron chi connectivity index (χ2n) is 6.47. The Kier molecular flexibility index (Phi) is 5.79. The molecule has 1 saturated heterocycles. The van der Waals surface area contributed by atoms with E-state index in [9.17, 15) is 4.79 Å². The van der Waals surface area contributed by atoms with Gasteiger partial charge in [-0.1, -0.05) is 18.2 Å². The highest BCUT2D eigenvalue weighted by molar-refractivity contribution is 7.99. The minimum atomic E-state index is 0.291. The molecule has 1 saturated carbocycles. The normalized spacial score (nSPS) is 24.8. The van der Waals surface area contributed by atoms with Crippen LogP contribution in [0.1, 0.15) is 32.1 Å². The van der Waals surface area contributed by atoms with Crippen LogP contribution in [0.15, 0.2) is 35.2 Å². The predicted octanol–water partition coefficient (Wildman–Crippen LogP) is 3.16. The molecule has 120 valence electrons. The number of nitrogens with one attached hydrogen (secondary N) is 1. The number of nitrogens with zero attached hydrogens (tertiary/aromatic N) is 1. The number of rotatable bonds is 6. The molecular weight excluding hydrogens is 292 g/mol. The van der Waals surface area contributed by atoms with E-state index in [4.69, 9.17) is 0 Å². The van der Waals surface area contributed by atoms with Gasteiger partial charge in [-0.3, -0.25) is 4.79 Å². The fourth-order valence-electron chi connectivity index (χ4n) is 3.45. The van der Waals surface area contributed by atoms with Crippen LogP contribution in [0.4, 0.5) is 0 Å². The van der Waals surface area contributed by atoms with Crippen LogP contribution in [-0.4, -0.2) is 42.2 Å². The van der Waals surface area contributed by atoms with Gasteiger partial charge in [0.25, 0.3) is 0 Å². The lowest BCUT2D eigenvalue weighted by atomic mass is 10.1. The smallest absolute Gasteiger partial charge is 0.236 e. The highest BCUT2D eigenvalue weighted by atomic mass is 32.2. The summed E-state index contributed by atoms with van der Waals surface area (Å²) < 4.78 is 0. The first-order valence-corrected chi connectivity index (χ1v) is 9.49. The Morgan fingerprint density at radius 2 is 1.95 bits per heavy atom. The van der Waals surface area contributed by atoms with Gasteiger partial charge in [0.2, 0.25) is 5.91 Å². The third-order valence-electron chi connectivity index (χ3n) is 4.77. The third kappa shape index (κ3) is 4.50. The van der Waals surface area contributed by atoms with Crippen LogP contribution in [0.5, 0.6) is 0 Å². The summed E-state index contributed by atoms with van der Waals surface area (Å²) in [5, 5.41) is 3.49. The minimum absolute atomic E-state index is 0.291. The second kappa shape index (κ2) is 8.02. The molecule has 22 heavy (non-hydrogen) atoms. The lowest BCUT2D eigenvalue weighted by Gasteiger charge is -2.18. The molecule has 2 unspecified atom stereocenters. The van der Waals surface area contributed by atoms with Gasteiger partial charge in [-0.15, -0.1) is 11.8 Å². The van der Waals surface area contributed by atoms with Crippen LogP contribution < -0.4 is 5.32 Å². The Bertz CT molecular complexity index is 473. The van der Waals surface area contributed by atoms with E-state index in [0.29, 0.717) is 18.5 Å². The molecule has 2 atom stereocenters. The van der Waals surface area contributed by atoms with Gasteiger partial charge in [0.05, 0.1) is 6.54 Å². The Morgan fingerprint density at radius 1 is 1.18 bits per heavy atom. The second-order valence-corrected chi connectivity index (χ2v) is 7.56. The molecule has 0 spiro atoms. The Hall–Kier alpha value is -1.00. The van der Waals surface area contributed by atoms with Gasteiger partial charge in [-0.25, -0.2) is 0 Å². The first-order chi connectivity index (χ1) is 10.8. The molecule has 2 fully saturated rings. The Morgan fingerprint density at radius 3 is 2.73 bits per heavy atom. The maximum atomic E-state index is 12.1. The molecule has 2 aliphatic rings. The van der Waals surface area contributed by atoms with Crippen molar-refractivity contribution in [3.05, 3.63) is 30.3 Å². The SMILES string of the molecule is O=C(CNC1CCC(CSc2ccccc2)C1)N1CCCC1. The molecule has 1 amide bonds. The zero-order valence-electron chi connectivity index (χ0n) is 13.2. The van der Waals surface area contributed by atoms with E-state index >= 15 is 0 Å². The molecule has 4 heteroatoms. The van der Waals surface area contributed by atoms with Crippen molar-refractivity contribution < 1.29 is 4.79 Å². The molecule has 0 bridgehead atoms. The highest BCUT2D eigenvalue weighted by Gasteiger charge is 2.26. The summed E-state index contributed by atoms with van der Waals surface area (Å²) in [6, 6.07) is 11.2. The largest absolute Gasteiger partial charge is 0.342 e. The van der Waals surface area contributed by atoms with E-state index < -0.39 is 0 Å². The number of carbonyl (C=O) groups excluding carboxylic acids is 1. The van der Waals surface area contributed by atoms with Crippen molar-refractivity contribution in [2.24, 2.45) is 5.92 Å². The van der Waals surface area contributed by atoms with Gasteiger partial charge in [-0.05, 0) is 50.2 Å². The summed E-state index contributed by atoms with van der Waals surface area (Å²) in [4.78, 5) is 15.4. The first kappa shape index (κ1) is 15.9. The van der Waals surface area contributed by atoms with Crippen molar-refractivity contribution in [3.63, 3.8) is 0 Å². The summed E-state index contributed by atoms with van der Waals surface area (Å²) >= 11 is 1.96. The van der Waals surface area contributed by atoms with Gasteiger partial charge in [0.15, 0.2) is 0 Å². The molecule has 1 N–H and O–H groups in total. The van der Waals surface area contributed by atoms with E-state index in [1.54, 1.807) is 0 Å². The number of benzene rings is 1. The fourth-order valence-corrected chi connectivity index (χ4v) is 4.53. The number of amides is 1. The molecule has 1 aliphatic carbocycles. The van der Waals surface area contributed by atoms with Crippen LogP contribution in [-0.2, 0) is 4.79 Å². The van der Waals surface area contributed by atoms with Crippen molar-refractivity contribution in [1.29, 1.82) is 0 Å². The van der Waals surface area contributed by atoms with E-state index in [-0.39, 0.29) is 0 Å². The van der Waals surface area contributed by atoms with E-state index in [1.807, 2.05) is 16.7 Å².